The van der Waals surface area contributed by atoms with Gasteiger partial charge in [0, 0.05) is 43.4 Å². The van der Waals surface area contributed by atoms with Gasteiger partial charge in [0.25, 0.3) is 0 Å². The van der Waals surface area contributed by atoms with Crippen molar-refractivity contribution in [2.75, 3.05) is 13.1 Å². The first kappa shape index (κ1) is 15.8. The molecular weight excluding hydrogens is 322 g/mol. The van der Waals surface area contributed by atoms with E-state index in [4.69, 9.17) is 0 Å². The molecule has 2 aliphatic rings. The van der Waals surface area contributed by atoms with E-state index < -0.39 is 0 Å². The van der Waals surface area contributed by atoms with E-state index in [1.807, 2.05) is 27.8 Å². The van der Waals surface area contributed by atoms with Gasteiger partial charge in [0.1, 0.15) is 11.6 Å². The van der Waals surface area contributed by atoms with Crippen molar-refractivity contribution in [3.8, 4) is 0 Å². The van der Waals surface area contributed by atoms with E-state index in [-0.39, 0.29) is 5.91 Å². The van der Waals surface area contributed by atoms with Gasteiger partial charge in [-0.2, -0.15) is 5.10 Å². The Kier molecular flexibility index (Phi) is 4.37. The van der Waals surface area contributed by atoms with Gasteiger partial charge in [-0.15, -0.1) is 11.3 Å². The lowest BCUT2D eigenvalue weighted by molar-refractivity contribution is -0.132. The summed E-state index contributed by atoms with van der Waals surface area (Å²) in [4.78, 5) is 20.3. The molecular formula is C17H23N5OS. The largest absolute Gasteiger partial charge is 0.338 e. The summed E-state index contributed by atoms with van der Waals surface area (Å²) in [6.07, 6.45) is 3.59. The number of nitrogens with zero attached hydrogens (tertiary/aromatic N) is 4. The van der Waals surface area contributed by atoms with Gasteiger partial charge in [-0.25, -0.2) is 9.67 Å². The Hall–Kier alpha value is -1.73. The molecule has 2 aliphatic heterocycles. The fraction of sp³-hybridized carbons (Fsp3) is 0.588. The van der Waals surface area contributed by atoms with Gasteiger partial charge in [-0.05, 0) is 36.8 Å². The zero-order valence-electron chi connectivity index (χ0n) is 14.0. The number of carbonyl (C=O) groups is 1. The molecule has 0 saturated carbocycles. The van der Waals surface area contributed by atoms with E-state index in [9.17, 15) is 4.79 Å². The molecule has 4 rings (SSSR count). The summed E-state index contributed by atoms with van der Waals surface area (Å²) in [6, 6.07) is 2.54. The molecule has 128 valence electrons. The van der Waals surface area contributed by atoms with Gasteiger partial charge < -0.3 is 10.2 Å². The van der Waals surface area contributed by atoms with Crippen LogP contribution in [0.1, 0.15) is 34.9 Å². The molecule has 6 nitrogen and oxygen atoms in total. The molecule has 0 unspecified atom stereocenters. The van der Waals surface area contributed by atoms with Crippen molar-refractivity contribution in [3.63, 3.8) is 0 Å². The Bertz CT molecular complexity index is 737. The highest BCUT2D eigenvalue weighted by atomic mass is 32.1. The molecule has 1 N–H and O–H groups in total. The lowest BCUT2D eigenvalue weighted by atomic mass is 10.1. The van der Waals surface area contributed by atoms with Gasteiger partial charge in [-0.1, -0.05) is 0 Å². The number of rotatable bonds is 4. The van der Waals surface area contributed by atoms with Crippen molar-refractivity contribution in [1.29, 1.82) is 0 Å². The number of hydrogen-bond donors (Lipinski definition) is 1. The fourth-order valence-electron chi connectivity index (χ4n) is 3.60. The highest BCUT2D eigenvalue weighted by Gasteiger charge is 2.23. The van der Waals surface area contributed by atoms with Gasteiger partial charge in [-0.3, -0.25) is 4.79 Å². The monoisotopic (exact) mass is 345 g/mol. The summed E-state index contributed by atoms with van der Waals surface area (Å²) in [5.74, 6) is 2.19. The number of thiophene rings is 1. The van der Waals surface area contributed by atoms with Crippen LogP contribution in [0.5, 0.6) is 0 Å². The van der Waals surface area contributed by atoms with Crippen LogP contribution in [0.3, 0.4) is 0 Å². The minimum atomic E-state index is 0.257. The number of aromatic nitrogens is 3. The normalized spacial score (nSPS) is 19.9. The Morgan fingerprint density at radius 1 is 1.46 bits per heavy atom. The fourth-order valence-corrected chi connectivity index (χ4v) is 4.49. The van der Waals surface area contributed by atoms with E-state index >= 15 is 0 Å². The summed E-state index contributed by atoms with van der Waals surface area (Å²) in [6.45, 7) is 5.16. The van der Waals surface area contributed by atoms with E-state index in [2.05, 4.69) is 26.8 Å². The average molecular weight is 345 g/mol. The molecule has 1 amide bonds. The van der Waals surface area contributed by atoms with Gasteiger partial charge in [0.15, 0.2) is 0 Å². The first-order valence-corrected chi connectivity index (χ1v) is 9.54. The highest BCUT2D eigenvalue weighted by molar-refractivity contribution is 7.10. The molecule has 0 aromatic carbocycles. The van der Waals surface area contributed by atoms with E-state index in [1.165, 1.54) is 10.4 Å². The number of carbonyl (C=O) groups excluding carboxylic acids is 1. The molecule has 2 aromatic heterocycles. The van der Waals surface area contributed by atoms with Crippen LogP contribution < -0.4 is 5.32 Å². The average Bonchev–Trinajstić information content (AvgIpc) is 3.18. The topological polar surface area (TPSA) is 63.1 Å². The molecule has 0 radical (unpaired) electrons. The number of aryl methyl sites for hydroxylation is 2. The zero-order chi connectivity index (χ0) is 16.5. The van der Waals surface area contributed by atoms with Crippen molar-refractivity contribution in [2.45, 2.75) is 51.7 Å². The molecule has 1 atom stereocenters. The van der Waals surface area contributed by atoms with E-state index in [0.29, 0.717) is 12.5 Å². The Balaban J connectivity index is 1.24. The molecule has 0 aliphatic carbocycles. The third-order valence-corrected chi connectivity index (χ3v) is 5.92. The quantitative estimate of drug-likeness (QED) is 0.913. The number of nitrogens with one attached hydrogen (secondary N) is 1. The lowest BCUT2D eigenvalue weighted by Crippen LogP contribution is -2.41. The number of hydrogen-bond acceptors (Lipinski definition) is 5. The maximum absolute atomic E-state index is 12.4. The second-order valence-corrected chi connectivity index (χ2v) is 7.63. The smallest absolute Gasteiger partial charge is 0.224 e. The third kappa shape index (κ3) is 3.23. The Labute approximate surface area is 145 Å². The molecule has 7 heteroatoms. The molecule has 0 saturated heterocycles. The predicted octanol–water partition coefficient (Wildman–Crippen LogP) is 1.53. The minimum Gasteiger partial charge on any atom is -0.338 e. The first-order valence-electron chi connectivity index (χ1n) is 8.66. The molecule has 2 aromatic rings. The summed E-state index contributed by atoms with van der Waals surface area (Å²) in [5.41, 5.74) is 1.33. The second kappa shape index (κ2) is 6.64. The summed E-state index contributed by atoms with van der Waals surface area (Å²) in [7, 11) is 0. The van der Waals surface area contributed by atoms with Crippen LogP contribution in [0.25, 0.3) is 0 Å². The van der Waals surface area contributed by atoms with Crippen molar-refractivity contribution >= 4 is 17.2 Å². The van der Waals surface area contributed by atoms with Crippen molar-refractivity contribution in [3.05, 3.63) is 33.5 Å². The van der Waals surface area contributed by atoms with Gasteiger partial charge in [0.05, 0.1) is 6.54 Å². The highest BCUT2D eigenvalue weighted by Crippen LogP contribution is 2.24. The number of fused-ring (bicyclic) bond motifs is 2. The molecule has 24 heavy (non-hydrogen) atoms. The predicted molar refractivity (Wildman–Crippen MR) is 92.9 cm³/mol. The van der Waals surface area contributed by atoms with Gasteiger partial charge >= 0.3 is 0 Å². The maximum Gasteiger partial charge on any atom is 0.224 e. The molecule has 0 spiro atoms. The standard InChI is InChI=1S/C17H23N5OS/c1-12-19-16-3-2-14(11-22(16)20-12)18-7-4-17(23)21-8-5-15-13(10-21)6-9-24-15/h6,9,14,18H,2-5,7-8,10-11H2,1H3/t14-/m0/s1. The number of amides is 1. The maximum atomic E-state index is 12.4. The van der Waals surface area contributed by atoms with Crippen LogP contribution in [0, 0.1) is 6.92 Å². The molecule has 0 fully saturated rings. The van der Waals surface area contributed by atoms with Gasteiger partial charge in [0.2, 0.25) is 5.91 Å². The Morgan fingerprint density at radius 3 is 3.29 bits per heavy atom. The SMILES string of the molecule is Cc1nc2n(n1)C[C@@H](NCCC(=O)N1CCc3sccc3C1)CC2. The summed E-state index contributed by atoms with van der Waals surface area (Å²) >= 11 is 1.81. The van der Waals surface area contributed by atoms with Crippen molar-refractivity contribution in [2.24, 2.45) is 0 Å². The van der Waals surface area contributed by atoms with E-state index in [1.54, 1.807) is 0 Å². The van der Waals surface area contributed by atoms with Crippen molar-refractivity contribution in [1.82, 2.24) is 25.0 Å². The third-order valence-electron chi connectivity index (χ3n) is 4.90. The van der Waals surface area contributed by atoms with Crippen LogP contribution in [0.4, 0.5) is 0 Å². The van der Waals surface area contributed by atoms with Crippen LogP contribution in [-0.2, 0) is 30.7 Å². The lowest BCUT2D eigenvalue weighted by Gasteiger charge is -2.28. The molecule has 4 heterocycles. The van der Waals surface area contributed by atoms with Crippen LogP contribution in [0.15, 0.2) is 11.4 Å². The summed E-state index contributed by atoms with van der Waals surface area (Å²) in [5, 5.41) is 10.1. The molecule has 0 bridgehead atoms. The van der Waals surface area contributed by atoms with Crippen molar-refractivity contribution < 1.29 is 4.79 Å². The van der Waals surface area contributed by atoms with Crippen LogP contribution in [0.2, 0.25) is 0 Å². The Morgan fingerprint density at radius 2 is 2.38 bits per heavy atom. The second-order valence-electron chi connectivity index (χ2n) is 6.63. The zero-order valence-corrected chi connectivity index (χ0v) is 14.8. The summed E-state index contributed by atoms with van der Waals surface area (Å²) < 4.78 is 2.00. The minimum absolute atomic E-state index is 0.257. The van der Waals surface area contributed by atoms with Crippen LogP contribution >= 0.6 is 11.3 Å². The van der Waals surface area contributed by atoms with E-state index in [0.717, 1.165) is 57.1 Å². The first-order chi connectivity index (χ1) is 11.7. The van der Waals surface area contributed by atoms with Crippen LogP contribution in [-0.4, -0.2) is 44.7 Å².